The van der Waals surface area contributed by atoms with Gasteiger partial charge in [0.15, 0.2) is 6.04 Å². The Bertz CT molecular complexity index is 744. The Morgan fingerprint density at radius 1 is 0.889 bits per heavy atom. The molecule has 6 heteroatoms. The molecule has 1 saturated heterocycles. The van der Waals surface area contributed by atoms with E-state index in [1.165, 1.54) is 5.56 Å². The average Bonchev–Trinajstić information content (AvgIpc) is 2.69. The Kier molecular flexibility index (Phi) is 6.57. The highest BCUT2D eigenvalue weighted by atomic mass is 16.4. The van der Waals surface area contributed by atoms with Crippen molar-refractivity contribution >= 4 is 11.9 Å². The van der Waals surface area contributed by atoms with E-state index in [-0.39, 0.29) is 12.5 Å². The highest BCUT2D eigenvalue weighted by Crippen LogP contribution is 2.13. The van der Waals surface area contributed by atoms with Gasteiger partial charge in [0.05, 0.1) is 6.54 Å². The van der Waals surface area contributed by atoms with Gasteiger partial charge in [-0.2, -0.15) is 0 Å². The van der Waals surface area contributed by atoms with Gasteiger partial charge in [-0.25, -0.2) is 4.79 Å². The molecule has 0 radical (unpaired) electrons. The Morgan fingerprint density at radius 3 is 2.04 bits per heavy atom. The number of benzene rings is 2. The van der Waals surface area contributed by atoms with Gasteiger partial charge in [-0.15, -0.1) is 0 Å². The number of amides is 1. The summed E-state index contributed by atoms with van der Waals surface area (Å²) in [6.07, 6.45) is 0. The van der Waals surface area contributed by atoms with Crippen molar-refractivity contribution < 1.29 is 14.7 Å². The molecule has 1 atom stereocenters. The third-order valence-electron chi connectivity index (χ3n) is 4.77. The number of piperazine rings is 1. The van der Waals surface area contributed by atoms with Crippen LogP contribution in [0.2, 0.25) is 0 Å². The monoisotopic (exact) mass is 367 g/mol. The number of hydrogen-bond donors (Lipinski definition) is 2. The van der Waals surface area contributed by atoms with Gasteiger partial charge in [-0.05, 0) is 11.1 Å². The summed E-state index contributed by atoms with van der Waals surface area (Å²) in [6.45, 7) is 4.50. The number of carboxylic acid groups (broad SMARTS) is 1. The molecular formula is C21H25N3O3. The molecule has 1 fully saturated rings. The maximum absolute atomic E-state index is 12.3. The molecule has 0 aromatic heterocycles. The van der Waals surface area contributed by atoms with Crippen LogP contribution >= 0.6 is 0 Å². The van der Waals surface area contributed by atoms with Gasteiger partial charge in [0.2, 0.25) is 5.91 Å². The number of nitrogens with zero attached hydrogens (tertiary/aromatic N) is 2. The van der Waals surface area contributed by atoms with Gasteiger partial charge in [-0.1, -0.05) is 60.7 Å². The maximum atomic E-state index is 12.3. The first-order chi connectivity index (χ1) is 13.1. The van der Waals surface area contributed by atoms with Crippen LogP contribution in [0.15, 0.2) is 60.7 Å². The summed E-state index contributed by atoms with van der Waals surface area (Å²) in [6, 6.07) is 18.1. The van der Waals surface area contributed by atoms with E-state index >= 15 is 0 Å². The second-order valence-electron chi connectivity index (χ2n) is 6.79. The Hall–Kier alpha value is -2.70. The van der Waals surface area contributed by atoms with E-state index in [1.54, 1.807) is 24.3 Å². The summed E-state index contributed by atoms with van der Waals surface area (Å²) in [5.41, 5.74) is 1.86. The van der Waals surface area contributed by atoms with E-state index in [1.807, 2.05) is 24.3 Å². The molecule has 0 saturated carbocycles. The van der Waals surface area contributed by atoms with Gasteiger partial charge < -0.3 is 10.4 Å². The van der Waals surface area contributed by atoms with Crippen LogP contribution < -0.4 is 5.32 Å². The fraction of sp³-hybridized carbons (Fsp3) is 0.333. The molecule has 27 heavy (non-hydrogen) atoms. The van der Waals surface area contributed by atoms with Crippen LogP contribution in [0.1, 0.15) is 17.2 Å². The minimum absolute atomic E-state index is 0.218. The topological polar surface area (TPSA) is 72.9 Å². The van der Waals surface area contributed by atoms with Crippen LogP contribution in [-0.4, -0.2) is 59.5 Å². The number of carbonyl (C=O) groups excluding carboxylic acids is 1. The number of hydrogen-bond acceptors (Lipinski definition) is 4. The molecule has 6 nitrogen and oxygen atoms in total. The third kappa shape index (κ3) is 5.64. The van der Waals surface area contributed by atoms with Crippen molar-refractivity contribution in [3.8, 4) is 0 Å². The standard InChI is InChI=1S/C21H25N3O3/c25-19(22-20(21(26)27)18-9-5-2-6-10-18)16-24-13-11-23(12-14-24)15-17-7-3-1-4-8-17/h1-10,20H,11-16H2,(H,22,25)(H,26,27)/t20-/m1/s1. The average molecular weight is 367 g/mol. The molecule has 1 aliphatic rings. The fourth-order valence-corrected chi connectivity index (χ4v) is 3.29. The molecular weight excluding hydrogens is 342 g/mol. The molecule has 1 aliphatic heterocycles. The van der Waals surface area contributed by atoms with Crippen LogP contribution in [0.5, 0.6) is 0 Å². The van der Waals surface area contributed by atoms with E-state index in [0.717, 1.165) is 32.7 Å². The molecule has 0 spiro atoms. The molecule has 2 aromatic rings. The normalized spacial score (nSPS) is 16.6. The lowest BCUT2D eigenvalue weighted by Gasteiger charge is -2.34. The van der Waals surface area contributed by atoms with Gasteiger partial charge >= 0.3 is 5.97 Å². The van der Waals surface area contributed by atoms with E-state index in [9.17, 15) is 14.7 Å². The Morgan fingerprint density at radius 2 is 1.44 bits per heavy atom. The van der Waals surface area contributed by atoms with Crippen molar-refractivity contribution in [3.05, 3.63) is 71.8 Å². The molecule has 1 amide bonds. The highest BCUT2D eigenvalue weighted by molar-refractivity contribution is 5.85. The second kappa shape index (κ2) is 9.30. The Labute approximate surface area is 159 Å². The number of carbonyl (C=O) groups is 2. The highest BCUT2D eigenvalue weighted by Gasteiger charge is 2.24. The predicted molar refractivity (Wildman–Crippen MR) is 103 cm³/mol. The lowest BCUT2D eigenvalue weighted by atomic mass is 10.1. The number of nitrogens with one attached hydrogen (secondary N) is 1. The van der Waals surface area contributed by atoms with Crippen molar-refractivity contribution in [3.63, 3.8) is 0 Å². The lowest BCUT2D eigenvalue weighted by Crippen LogP contribution is -2.49. The molecule has 0 unspecified atom stereocenters. The number of carboxylic acids is 1. The fourth-order valence-electron chi connectivity index (χ4n) is 3.29. The first-order valence-electron chi connectivity index (χ1n) is 9.17. The van der Waals surface area contributed by atoms with Crippen molar-refractivity contribution in [2.24, 2.45) is 0 Å². The minimum atomic E-state index is -1.05. The lowest BCUT2D eigenvalue weighted by molar-refractivity contribution is -0.142. The predicted octanol–water partition coefficient (Wildman–Crippen LogP) is 1.75. The summed E-state index contributed by atoms with van der Waals surface area (Å²) in [7, 11) is 0. The van der Waals surface area contributed by atoms with Crippen molar-refractivity contribution in [2.75, 3.05) is 32.7 Å². The first kappa shape index (κ1) is 19.1. The van der Waals surface area contributed by atoms with Crippen LogP contribution in [-0.2, 0) is 16.1 Å². The third-order valence-corrected chi connectivity index (χ3v) is 4.77. The summed E-state index contributed by atoms with van der Waals surface area (Å²) in [4.78, 5) is 28.3. The molecule has 0 bridgehead atoms. The van der Waals surface area contributed by atoms with Gasteiger partial charge in [0.1, 0.15) is 0 Å². The van der Waals surface area contributed by atoms with E-state index in [2.05, 4.69) is 27.2 Å². The maximum Gasteiger partial charge on any atom is 0.330 e. The zero-order valence-electron chi connectivity index (χ0n) is 15.3. The minimum Gasteiger partial charge on any atom is -0.479 e. The van der Waals surface area contributed by atoms with E-state index in [4.69, 9.17) is 0 Å². The Balaban J connectivity index is 1.47. The number of rotatable bonds is 7. The molecule has 1 heterocycles. The van der Waals surface area contributed by atoms with Gasteiger partial charge in [-0.3, -0.25) is 14.6 Å². The van der Waals surface area contributed by atoms with E-state index in [0.29, 0.717) is 5.56 Å². The summed E-state index contributed by atoms with van der Waals surface area (Å²) in [5, 5.41) is 12.1. The second-order valence-corrected chi connectivity index (χ2v) is 6.79. The smallest absolute Gasteiger partial charge is 0.330 e. The number of aliphatic carboxylic acids is 1. The van der Waals surface area contributed by atoms with E-state index < -0.39 is 12.0 Å². The first-order valence-corrected chi connectivity index (χ1v) is 9.17. The summed E-state index contributed by atoms with van der Waals surface area (Å²) in [5.74, 6) is -1.31. The molecule has 2 aromatic carbocycles. The SMILES string of the molecule is O=C(CN1CCN(Cc2ccccc2)CC1)N[C@@H](C(=O)O)c1ccccc1. The summed E-state index contributed by atoms with van der Waals surface area (Å²) < 4.78 is 0. The molecule has 3 rings (SSSR count). The largest absolute Gasteiger partial charge is 0.479 e. The van der Waals surface area contributed by atoms with Crippen molar-refractivity contribution in [2.45, 2.75) is 12.6 Å². The molecule has 0 aliphatic carbocycles. The molecule has 2 N–H and O–H groups in total. The summed E-state index contributed by atoms with van der Waals surface area (Å²) >= 11 is 0. The zero-order valence-corrected chi connectivity index (χ0v) is 15.3. The van der Waals surface area contributed by atoms with Crippen LogP contribution in [0.25, 0.3) is 0 Å². The van der Waals surface area contributed by atoms with Gasteiger partial charge in [0, 0.05) is 32.7 Å². The van der Waals surface area contributed by atoms with Crippen molar-refractivity contribution in [1.29, 1.82) is 0 Å². The molecule has 142 valence electrons. The van der Waals surface area contributed by atoms with Crippen LogP contribution in [0, 0.1) is 0 Å². The quantitative estimate of drug-likeness (QED) is 0.780. The van der Waals surface area contributed by atoms with Crippen LogP contribution in [0.4, 0.5) is 0 Å². The van der Waals surface area contributed by atoms with Crippen LogP contribution in [0.3, 0.4) is 0 Å². The van der Waals surface area contributed by atoms with Gasteiger partial charge in [0.25, 0.3) is 0 Å². The van der Waals surface area contributed by atoms with Crippen molar-refractivity contribution in [1.82, 2.24) is 15.1 Å². The zero-order chi connectivity index (χ0) is 19.1.